The lowest BCUT2D eigenvalue weighted by molar-refractivity contribution is -0.202. The molecule has 1 unspecified atom stereocenters. The van der Waals surface area contributed by atoms with Gasteiger partial charge in [0.05, 0.1) is 5.41 Å². The van der Waals surface area contributed by atoms with Gasteiger partial charge in [-0.15, -0.1) is 0 Å². The van der Waals surface area contributed by atoms with Crippen molar-refractivity contribution in [2.24, 2.45) is 10.8 Å². The fourth-order valence-corrected chi connectivity index (χ4v) is 4.67. The molecule has 22 heavy (non-hydrogen) atoms. The molecule has 1 aromatic rings. The fraction of sp³-hybridized carbons (Fsp3) is 0.579. The van der Waals surface area contributed by atoms with Crippen molar-refractivity contribution in [3.8, 4) is 0 Å². The van der Waals surface area contributed by atoms with Crippen LogP contribution in [0.5, 0.6) is 0 Å². The summed E-state index contributed by atoms with van der Waals surface area (Å²) >= 11 is 0. The Hall–Kier alpha value is -1.64. The second-order valence-corrected chi connectivity index (χ2v) is 7.18. The minimum Gasteiger partial charge on any atom is -0.456 e. The number of rotatable bonds is 1. The normalized spacial score (nSPS) is 29.2. The first kappa shape index (κ1) is 14.0. The Labute approximate surface area is 131 Å². The van der Waals surface area contributed by atoms with Crippen molar-refractivity contribution >= 4 is 11.8 Å². The summed E-state index contributed by atoms with van der Waals surface area (Å²) in [7, 11) is 0. The second kappa shape index (κ2) is 4.94. The highest BCUT2D eigenvalue weighted by Crippen LogP contribution is 2.60. The Balaban J connectivity index is 1.80. The molecule has 1 saturated heterocycles. The SMILES string of the molecule is O=C1OC(c2ccccc2)C2(CCCCC2)C(=O)C12CCC2. The average molecular weight is 298 g/mol. The molecule has 2 spiro atoms. The van der Waals surface area contributed by atoms with E-state index in [9.17, 15) is 9.59 Å². The third-order valence-corrected chi connectivity index (χ3v) is 6.06. The highest BCUT2D eigenvalue weighted by Gasteiger charge is 2.65. The third-order valence-electron chi connectivity index (χ3n) is 6.06. The quantitative estimate of drug-likeness (QED) is 0.582. The lowest BCUT2D eigenvalue weighted by atomic mass is 9.52. The Bertz CT molecular complexity index is 594. The van der Waals surface area contributed by atoms with Gasteiger partial charge in [-0.1, -0.05) is 56.0 Å². The van der Waals surface area contributed by atoms with Crippen LogP contribution in [0.15, 0.2) is 30.3 Å². The summed E-state index contributed by atoms with van der Waals surface area (Å²) in [4.78, 5) is 26.0. The number of ketones is 1. The Morgan fingerprint density at radius 3 is 2.14 bits per heavy atom. The van der Waals surface area contributed by atoms with E-state index in [-0.39, 0.29) is 17.9 Å². The van der Waals surface area contributed by atoms with Crippen LogP contribution in [0, 0.1) is 10.8 Å². The maximum absolute atomic E-state index is 13.4. The summed E-state index contributed by atoms with van der Waals surface area (Å²) in [6.07, 6.45) is 6.97. The molecule has 3 fully saturated rings. The van der Waals surface area contributed by atoms with Crippen molar-refractivity contribution in [2.75, 3.05) is 0 Å². The molecule has 1 heterocycles. The van der Waals surface area contributed by atoms with E-state index in [4.69, 9.17) is 4.74 Å². The average Bonchev–Trinajstić information content (AvgIpc) is 2.52. The number of benzene rings is 1. The Morgan fingerprint density at radius 2 is 1.55 bits per heavy atom. The van der Waals surface area contributed by atoms with Crippen LogP contribution in [0.2, 0.25) is 0 Å². The number of carbonyl (C=O) groups is 2. The van der Waals surface area contributed by atoms with Crippen LogP contribution in [0.25, 0.3) is 0 Å². The molecule has 2 aliphatic carbocycles. The Morgan fingerprint density at radius 1 is 0.864 bits per heavy atom. The van der Waals surface area contributed by atoms with Gasteiger partial charge in [-0.05, 0) is 31.2 Å². The zero-order valence-corrected chi connectivity index (χ0v) is 12.8. The molecular weight excluding hydrogens is 276 g/mol. The molecule has 3 nitrogen and oxygen atoms in total. The molecule has 116 valence electrons. The molecule has 1 aliphatic heterocycles. The molecule has 1 atom stereocenters. The number of carbonyl (C=O) groups excluding carboxylic acids is 2. The highest BCUT2D eigenvalue weighted by atomic mass is 16.5. The molecule has 0 bridgehead atoms. The zero-order chi connectivity index (χ0) is 15.2. The number of hydrogen-bond donors (Lipinski definition) is 0. The van der Waals surface area contributed by atoms with Crippen molar-refractivity contribution in [3.05, 3.63) is 35.9 Å². The fourth-order valence-electron chi connectivity index (χ4n) is 4.67. The smallest absolute Gasteiger partial charge is 0.320 e. The summed E-state index contributed by atoms with van der Waals surface area (Å²) in [5.41, 5.74) is -0.309. The van der Waals surface area contributed by atoms with Gasteiger partial charge in [0, 0.05) is 0 Å². The number of Topliss-reactive ketones (excluding diaryl/α,β-unsaturated/α-hetero) is 1. The van der Waals surface area contributed by atoms with Crippen LogP contribution >= 0.6 is 0 Å². The van der Waals surface area contributed by atoms with Crippen molar-refractivity contribution in [1.29, 1.82) is 0 Å². The Kier molecular flexibility index (Phi) is 3.14. The highest BCUT2D eigenvalue weighted by molar-refractivity contribution is 6.09. The second-order valence-electron chi connectivity index (χ2n) is 7.18. The van der Waals surface area contributed by atoms with Gasteiger partial charge in [-0.3, -0.25) is 9.59 Å². The molecule has 0 N–H and O–H groups in total. The van der Waals surface area contributed by atoms with Gasteiger partial charge in [0.1, 0.15) is 11.5 Å². The van der Waals surface area contributed by atoms with Gasteiger partial charge >= 0.3 is 5.97 Å². The van der Waals surface area contributed by atoms with E-state index in [1.807, 2.05) is 30.3 Å². The largest absolute Gasteiger partial charge is 0.456 e. The number of esters is 1. The van der Waals surface area contributed by atoms with E-state index in [1.165, 1.54) is 6.42 Å². The first-order chi connectivity index (χ1) is 10.7. The van der Waals surface area contributed by atoms with Crippen LogP contribution in [0.4, 0.5) is 0 Å². The van der Waals surface area contributed by atoms with Crippen molar-refractivity contribution in [3.63, 3.8) is 0 Å². The topological polar surface area (TPSA) is 43.4 Å². The molecule has 3 heteroatoms. The van der Waals surface area contributed by atoms with Crippen LogP contribution in [-0.2, 0) is 14.3 Å². The van der Waals surface area contributed by atoms with E-state index in [0.717, 1.165) is 37.7 Å². The monoisotopic (exact) mass is 298 g/mol. The molecule has 0 radical (unpaired) electrons. The van der Waals surface area contributed by atoms with Gasteiger partial charge in [0.15, 0.2) is 5.78 Å². The third kappa shape index (κ3) is 1.74. The van der Waals surface area contributed by atoms with Crippen LogP contribution < -0.4 is 0 Å². The van der Waals surface area contributed by atoms with Gasteiger partial charge in [0.25, 0.3) is 0 Å². The summed E-state index contributed by atoms with van der Waals surface area (Å²) in [6, 6.07) is 9.84. The lowest BCUT2D eigenvalue weighted by Gasteiger charge is -2.53. The van der Waals surface area contributed by atoms with Crippen LogP contribution in [-0.4, -0.2) is 11.8 Å². The van der Waals surface area contributed by atoms with Crippen molar-refractivity contribution in [1.82, 2.24) is 0 Å². The summed E-state index contributed by atoms with van der Waals surface area (Å²) in [5.74, 6) is -0.0788. The van der Waals surface area contributed by atoms with Gasteiger partial charge in [0.2, 0.25) is 0 Å². The lowest BCUT2D eigenvalue weighted by Crippen LogP contribution is -2.60. The number of ether oxygens (including phenoxy) is 1. The summed E-state index contributed by atoms with van der Waals surface area (Å²) < 4.78 is 5.93. The molecule has 4 rings (SSSR count). The molecular formula is C19H22O3. The maximum atomic E-state index is 13.4. The van der Waals surface area contributed by atoms with Crippen LogP contribution in [0.1, 0.15) is 63.0 Å². The van der Waals surface area contributed by atoms with Gasteiger partial charge in [-0.25, -0.2) is 0 Å². The predicted octanol–water partition coefficient (Wildman–Crippen LogP) is 3.97. The van der Waals surface area contributed by atoms with E-state index >= 15 is 0 Å². The van der Waals surface area contributed by atoms with Crippen LogP contribution in [0.3, 0.4) is 0 Å². The van der Waals surface area contributed by atoms with E-state index in [1.54, 1.807) is 0 Å². The van der Waals surface area contributed by atoms with E-state index in [2.05, 4.69) is 0 Å². The summed E-state index contributed by atoms with van der Waals surface area (Å²) in [5, 5.41) is 0. The van der Waals surface area contributed by atoms with Crippen molar-refractivity contribution in [2.45, 2.75) is 57.5 Å². The molecule has 0 amide bonds. The van der Waals surface area contributed by atoms with Gasteiger partial charge in [-0.2, -0.15) is 0 Å². The zero-order valence-electron chi connectivity index (χ0n) is 12.8. The number of cyclic esters (lactones) is 1. The van der Waals surface area contributed by atoms with E-state index in [0.29, 0.717) is 12.8 Å². The molecule has 2 saturated carbocycles. The van der Waals surface area contributed by atoms with Gasteiger partial charge < -0.3 is 4.74 Å². The van der Waals surface area contributed by atoms with E-state index < -0.39 is 10.8 Å². The predicted molar refractivity (Wildman–Crippen MR) is 82.1 cm³/mol. The standard InChI is InChI=1S/C19H22O3/c20-16-18(10-5-2-6-11-18)15(14-8-3-1-4-9-14)22-17(21)19(16)12-7-13-19/h1,3-4,8-9,15H,2,5-7,10-13H2. The number of hydrogen-bond acceptors (Lipinski definition) is 3. The van der Waals surface area contributed by atoms with Crippen molar-refractivity contribution < 1.29 is 14.3 Å². The first-order valence-corrected chi connectivity index (χ1v) is 8.50. The molecule has 1 aromatic carbocycles. The first-order valence-electron chi connectivity index (χ1n) is 8.50. The molecule has 3 aliphatic rings. The maximum Gasteiger partial charge on any atom is 0.320 e. The minimum atomic E-state index is -0.803. The summed E-state index contributed by atoms with van der Waals surface area (Å²) in [6.45, 7) is 0. The molecule has 0 aromatic heterocycles. The minimum absolute atomic E-state index is 0.191.